The molecule has 2 N–H and O–H groups in total. The lowest BCUT2D eigenvalue weighted by Gasteiger charge is -2.01. The fraction of sp³-hybridized carbons (Fsp3) is 0.250. The number of aromatic nitrogens is 1. The van der Waals surface area contributed by atoms with E-state index in [-0.39, 0.29) is 12.3 Å². The molecule has 0 atom stereocenters. The molecule has 0 aliphatic carbocycles. The summed E-state index contributed by atoms with van der Waals surface area (Å²) < 4.78 is 0. The molecule has 0 aliphatic rings. The third-order valence-electron chi connectivity index (χ3n) is 1.45. The molecule has 0 bridgehead atoms. The van der Waals surface area contributed by atoms with Crippen molar-refractivity contribution in [1.29, 1.82) is 0 Å². The SMILES string of the molecule is CSc1ncccc1C(=O)CN. The van der Waals surface area contributed by atoms with E-state index in [1.54, 1.807) is 18.3 Å². The number of hydrogen-bond acceptors (Lipinski definition) is 4. The summed E-state index contributed by atoms with van der Waals surface area (Å²) in [6, 6.07) is 3.48. The Labute approximate surface area is 75.4 Å². The second kappa shape index (κ2) is 4.23. The van der Waals surface area contributed by atoms with E-state index in [1.165, 1.54) is 11.8 Å². The number of nitrogens with two attached hydrogens (primary N) is 1. The van der Waals surface area contributed by atoms with Crippen LogP contribution in [0.15, 0.2) is 23.4 Å². The van der Waals surface area contributed by atoms with Crippen LogP contribution >= 0.6 is 11.8 Å². The Bertz CT molecular complexity index is 288. The average molecular weight is 182 g/mol. The van der Waals surface area contributed by atoms with Crippen molar-refractivity contribution in [3.63, 3.8) is 0 Å². The molecule has 0 unspecified atom stereocenters. The smallest absolute Gasteiger partial charge is 0.179 e. The van der Waals surface area contributed by atoms with Crippen molar-refractivity contribution in [2.24, 2.45) is 5.73 Å². The molecular formula is C8H10N2OS. The largest absolute Gasteiger partial charge is 0.324 e. The summed E-state index contributed by atoms with van der Waals surface area (Å²) in [6.07, 6.45) is 3.55. The van der Waals surface area contributed by atoms with Gasteiger partial charge in [0.1, 0.15) is 5.03 Å². The highest BCUT2D eigenvalue weighted by molar-refractivity contribution is 7.98. The summed E-state index contributed by atoms with van der Waals surface area (Å²) in [4.78, 5) is 15.3. The fourth-order valence-electron chi connectivity index (χ4n) is 0.876. The Balaban J connectivity index is 3.04. The van der Waals surface area contributed by atoms with Gasteiger partial charge in [0.05, 0.1) is 12.1 Å². The molecule has 64 valence electrons. The summed E-state index contributed by atoms with van der Waals surface area (Å²) >= 11 is 1.45. The molecular weight excluding hydrogens is 172 g/mol. The van der Waals surface area contributed by atoms with E-state index in [9.17, 15) is 4.79 Å². The maximum Gasteiger partial charge on any atom is 0.179 e. The monoisotopic (exact) mass is 182 g/mol. The Morgan fingerprint density at radius 2 is 2.50 bits per heavy atom. The minimum atomic E-state index is -0.0625. The highest BCUT2D eigenvalue weighted by Crippen LogP contribution is 2.16. The van der Waals surface area contributed by atoms with E-state index in [2.05, 4.69) is 4.98 Å². The lowest BCUT2D eigenvalue weighted by atomic mass is 10.2. The first kappa shape index (κ1) is 9.22. The highest BCUT2D eigenvalue weighted by atomic mass is 32.2. The van der Waals surface area contributed by atoms with Gasteiger partial charge in [0, 0.05) is 6.20 Å². The van der Waals surface area contributed by atoms with Gasteiger partial charge in [-0.25, -0.2) is 4.98 Å². The van der Waals surface area contributed by atoms with E-state index in [4.69, 9.17) is 5.73 Å². The molecule has 0 spiro atoms. The molecule has 12 heavy (non-hydrogen) atoms. The van der Waals surface area contributed by atoms with Crippen molar-refractivity contribution in [2.45, 2.75) is 5.03 Å². The van der Waals surface area contributed by atoms with Crippen molar-refractivity contribution in [3.05, 3.63) is 23.9 Å². The van der Waals surface area contributed by atoms with Gasteiger partial charge in [-0.2, -0.15) is 0 Å². The topological polar surface area (TPSA) is 56.0 Å². The first-order valence-corrected chi connectivity index (χ1v) is 4.74. The Morgan fingerprint density at radius 1 is 1.75 bits per heavy atom. The van der Waals surface area contributed by atoms with Gasteiger partial charge in [-0.05, 0) is 18.4 Å². The van der Waals surface area contributed by atoms with Crippen LogP contribution in [0.3, 0.4) is 0 Å². The van der Waals surface area contributed by atoms with Crippen LogP contribution in [0.1, 0.15) is 10.4 Å². The molecule has 1 aromatic rings. The van der Waals surface area contributed by atoms with Crippen LogP contribution in [0.4, 0.5) is 0 Å². The number of hydrogen-bond donors (Lipinski definition) is 1. The number of ketones is 1. The van der Waals surface area contributed by atoms with Gasteiger partial charge in [-0.15, -0.1) is 11.8 Å². The van der Waals surface area contributed by atoms with Gasteiger partial charge < -0.3 is 5.73 Å². The van der Waals surface area contributed by atoms with Gasteiger partial charge in [0.2, 0.25) is 0 Å². The van der Waals surface area contributed by atoms with Crippen molar-refractivity contribution in [2.75, 3.05) is 12.8 Å². The molecule has 1 heterocycles. The van der Waals surface area contributed by atoms with Gasteiger partial charge in [-0.1, -0.05) is 0 Å². The van der Waals surface area contributed by atoms with Gasteiger partial charge in [0.25, 0.3) is 0 Å². The van der Waals surface area contributed by atoms with Crippen LogP contribution in [-0.2, 0) is 0 Å². The number of carbonyl (C=O) groups excluding carboxylic acids is 1. The van der Waals surface area contributed by atoms with E-state index < -0.39 is 0 Å². The minimum absolute atomic E-state index is 0.0409. The van der Waals surface area contributed by atoms with E-state index >= 15 is 0 Å². The Kier molecular flexibility index (Phi) is 3.25. The molecule has 0 amide bonds. The second-order valence-electron chi connectivity index (χ2n) is 2.19. The summed E-state index contributed by atoms with van der Waals surface area (Å²) in [7, 11) is 0. The fourth-order valence-corrected chi connectivity index (χ4v) is 1.44. The summed E-state index contributed by atoms with van der Waals surface area (Å²) in [5.41, 5.74) is 5.86. The second-order valence-corrected chi connectivity index (χ2v) is 2.98. The molecule has 3 nitrogen and oxygen atoms in total. The summed E-state index contributed by atoms with van der Waals surface area (Å²) in [5, 5.41) is 0.743. The molecule has 0 aliphatic heterocycles. The van der Waals surface area contributed by atoms with Crippen LogP contribution in [-0.4, -0.2) is 23.6 Å². The normalized spacial score (nSPS) is 9.83. The van der Waals surface area contributed by atoms with Crippen LogP contribution in [0, 0.1) is 0 Å². The van der Waals surface area contributed by atoms with Gasteiger partial charge >= 0.3 is 0 Å². The lowest BCUT2D eigenvalue weighted by molar-refractivity contribution is 0.0998. The van der Waals surface area contributed by atoms with E-state index in [1.807, 2.05) is 6.26 Å². The zero-order valence-electron chi connectivity index (χ0n) is 6.78. The molecule has 0 saturated carbocycles. The third-order valence-corrected chi connectivity index (χ3v) is 2.16. The summed E-state index contributed by atoms with van der Waals surface area (Å²) in [5.74, 6) is -0.0625. The number of carbonyl (C=O) groups is 1. The molecule has 0 radical (unpaired) electrons. The minimum Gasteiger partial charge on any atom is -0.324 e. The molecule has 0 fully saturated rings. The summed E-state index contributed by atoms with van der Waals surface area (Å²) in [6.45, 7) is 0.0409. The van der Waals surface area contributed by atoms with Crippen molar-refractivity contribution in [1.82, 2.24) is 4.98 Å². The number of Topliss-reactive ketones (excluding diaryl/α,β-unsaturated/α-hetero) is 1. The molecule has 0 saturated heterocycles. The molecule has 1 aromatic heterocycles. The van der Waals surface area contributed by atoms with Crippen LogP contribution in [0.25, 0.3) is 0 Å². The Hall–Kier alpha value is -0.870. The number of pyridine rings is 1. The predicted octanol–water partition coefficient (Wildman–Crippen LogP) is 0.945. The average Bonchev–Trinajstić information content (AvgIpc) is 2.16. The Morgan fingerprint density at radius 3 is 3.08 bits per heavy atom. The van der Waals surface area contributed by atoms with E-state index in [0.29, 0.717) is 5.56 Å². The van der Waals surface area contributed by atoms with Gasteiger partial charge in [0.15, 0.2) is 5.78 Å². The van der Waals surface area contributed by atoms with Gasteiger partial charge in [-0.3, -0.25) is 4.79 Å². The lowest BCUT2D eigenvalue weighted by Crippen LogP contribution is -2.14. The maximum absolute atomic E-state index is 11.2. The van der Waals surface area contributed by atoms with Crippen LogP contribution < -0.4 is 5.73 Å². The maximum atomic E-state index is 11.2. The first-order valence-electron chi connectivity index (χ1n) is 3.52. The van der Waals surface area contributed by atoms with E-state index in [0.717, 1.165) is 5.03 Å². The van der Waals surface area contributed by atoms with Crippen molar-refractivity contribution < 1.29 is 4.79 Å². The van der Waals surface area contributed by atoms with Crippen LogP contribution in [0.5, 0.6) is 0 Å². The van der Waals surface area contributed by atoms with Crippen LogP contribution in [0.2, 0.25) is 0 Å². The number of nitrogens with zero attached hydrogens (tertiary/aromatic N) is 1. The first-order chi connectivity index (χ1) is 5.79. The quantitative estimate of drug-likeness (QED) is 0.558. The van der Waals surface area contributed by atoms with Crippen molar-refractivity contribution in [3.8, 4) is 0 Å². The zero-order valence-corrected chi connectivity index (χ0v) is 7.60. The number of rotatable bonds is 3. The zero-order chi connectivity index (χ0) is 8.97. The standard InChI is InChI=1S/C8H10N2OS/c1-12-8-6(7(11)5-9)3-2-4-10-8/h2-4H,5,9H2,1H3. The molecule has 4 heteroatoms. The highest BCUT2D eigenvalue weighted by Gasteiger charge is 2.08. The van der Waals surface area contributed by atoms with Crippen molar-refractivity contribution >= 4 is 17.5 Å². The number of thioether (sulfide) groups is 1. The third kappa shape index (κ3) is 1.84. The molecule has 0 aromatic carbocycles. The predicted molar refractivity (Wildman–Crippen MR) is 49.4 cm³/mol. The molecule has 1 rings (SSSR count).